The second-order valence-corrected chi connectivity index (χ2v) is 7.57. The second kappa shape index (κ2) is 5.45. The Morgan fingerprint density at radius 2 is 0.833 bits per heavy atom. The molecule has 0 radical (unpaired) electrons. The zero-order chi connectivity index (χ0) is 14.1. The van der Waals surface area contributed by atoms with Gasteiger partial charge in [0.1, 0.15) is 12.3 Å². The Morgan fingerprint density at radius 3 is 1.00 bits per heavy atom. The average Bonchev–Trinajstić information content (AvgIpc) is 2.25. The Bertz CT molecular complexity index is 228. The Kier molecular flexibility index (Phi) is 4.81. The van der Waals surface area contributed by atoms with Gasteiger partial charge in [0.25, 0.3) is 0 Å². The first-order chi connectivity index (χ1) is 8.03. The Labute approximate surface area is 114 Å². The van der Waals surface area contributed by atoms with E-state index in [0.29, 0.717) is 12.3 Å². The van der Waals surface area contributed by atoms with E-state index in [0.717, 1.165) is 8.97 Å². The van der Waals surface area contributed by atoms with Crippen molar-refractivity contribution in [2.45, 2.75) is 26.2 Å². The number of nitrogens with zero attached hydrogens (tertiary/aromatic N) is 4. The zero-order valence-electron chi connectivity index (χ0n) is 13.8. The van der Waals surface area contributed by atoms with E-state index in [9.17, 15) is 0 Å². The van der Waals surface area contributed by atoms with Crippen LogP contribution in [-0.4, -0.2) is 99.6 Å². The van der Waals surface area contributed by atoms with Crippen molar-refractivity contribution in [3.8, 4) is 0 Å². The van der Waals surface area contributed by atoms with E-state index in [1.807, 2.05) is 0 Å². The summed E-state index contributed by atoms with van der Waals surface area (Å²) in [5, 5.41) is 0. The van der Waals surface area contributed by atoms with Gasteiger partial charge < -0.3 is 8.97 Å². The molecule has 1 aliphatic rings. The van der Waals surface area contributed by atoms with E-state index < -0.39 is 0 Å². The lowest BCUT2D eigenvalue weighted by Gasteiger charge is -2.46. The minimum atomic E-state index is 0.603. The fourth-order valence-electron chi connectivity index (χ4n) is 2.46. The molecule has 2 atom stereocenters. The van der Waals surface area contributed by atoms with Gasteiger partial charge >= 0.3 is 0 Å². The molecule has 1 fully saturated rings. The van der Waals surface area contributed by atoms with Crippen LogP contribution in [0.15, 0.2) is 0 Å². The number of hydrogen-bond acceptors (Lipinski definition) is 2. The predicted molar refractivity (Wildman–Crippen MR) is 78.1 cm³/mol. The van der Waals surface area contributed by atoms with Crippen molar-refractivity contribution < 1.29 is 8.97 Å². The van der Waals surface area contributed by atoms with Crippen LogP contribution in [0.4, 0.5) is 0 Å². The van der Waals surface area contributed by atoms with Gasteiger partial charge in [-0.2, -0.15) is 0 Å². The van der Waals surface area contributed by atoms with E-state index in [-0.39, 0.29) is 0 Å². The summed E-state index contributed by atoms with van der Waals surface area (Å²) in [5.41, 5.74) is 0. The fourth-order valence-corrected chi connectivity index (χ4v) is 2.46. The number of piperazine rings is 1. The van der Waals surface area contributed by atoms with Crippen molar-refractivity contribution in [3.63, 3.8) is 0 Å². The van der Waals surface area contributed by atoms with Crippen molar-refractivity contribution >= 4 is 0 Å². The Balaban J connectivity index is 2.52. The van der Waals surface area contributed by atoms with Crippen LogP contribution < -0.4 is 0 Å². The standard InChI is InChI=1S/C14H34N4/c1-13(17(3,4)5)15-9-11-16(12-10-15)14(2)18(6,7)8/h13-14H,9-12H2,1-8H3/q+2. The molecule has 0 aromatic rings. The highest BCUT2D eigenvalue weighted by Gasteiger charge is 2.33. The maximum absolute atomic E-state index is 2.62. The number of hydrogen-bond donors (Lipinski definition) is 0. The van der Waals surface area contributed by atoms with Gasteiger partial charge in [-0.25, -0.2) is 0 Å². The van der Waals surface area contributed by atoms with Crippen molar-refractivity contribution in [1.29, 1.82) is 0 Å². The summed E-state index contributed by atoms with van der Waals surface area (Å²) in [6.45, 7) is 9.47. The summed E-state index contributed by atoms with van der Waals surface area (Å²) in [7, 11) is 13.7. The van der Waals surface area contributed by atoms with Crippen LogP contribution in [0.25, 0.3) is 0 Å². The highest BCUT2D eigenvalue weighted by molar-refractivity contribution is 4.73. The molecule has 0 aliphatic carbocycles. The normalized spacial score (nSPS) is 24.0. The third-order valence-electron chi connectivity index (χ3n) is 4.65. The Morgan fingerprint density at radius 1 is 0.611 bits per heavy atom. The van der Waals surface area contributed by atoms with Crippen molar-refractivity contribution in [2.75, 3.05) is 68.5 Å². The molecule has 0 bridgehead atoms. The molecule has 0 aromatic heterocycles. The Hall–Kier alpha value is -0.160. The first-order valence-corrected chi connectivity index (χ1v) is 7.14. The van der Waals surface area contributed by atoms with E-state index >= 15 is 0 Å². The summed E-state index contributed by atoms with van der Waals surface area (Å²) in [6.07, 6.45) is 1.21. The van der Waals surface area contributed by atoms with Crippen LogP contribution in [0.1, 0.15) is 13.8 Å². The quantitative estimate of drug-likeness (QED) is 0.685. The van der Waals surface area contributed by atoms with Gasteiger partial charge in [0, 0.05) is 40.0 Å². The van der Waals surface area contributed by atoms with Gasteiger partial charge in [0.05, 0.1) is 42.3 Å². The molecule has 4 heteroatoms. The summed E-state index contributed by atoms with van der Waals surface area (Å²) in [5.74, 6) is 0. The second-order valence-electron chi connectivity index (χ2n) is 7.57. The highest BCUT2D eigenvalue weighted by Crippen LogP contribution is 2.16. The van der Waals surface area contributed by atoms with E-state index in [4.69, 9.17) is 0 Å². The molecular formula is C14H34N4+2. The van der Waals surface area contributed by atoms with Gasteiger partial charge in [-0.1, -0.05) is 0 Å². The zero-order valence-corrected chi connectivity index (χ0v) is 13.8. The van der Waals surface area contributed by atoms with E-state index in [2.05, 4.69) is 65.9 Å². The van der Waals surface area contributed by atoms with Gasteiger partial charge in [0.2, 0.25) is 0 Å². The molecular weight excluding hydrogens is 224 g/mol. The van der Waals surface area contributed by atoms with Crippen LogP contribution >= 0.6 is 0 Å². The minimum Gasteiger partial charge on any atom is -0.316 e. The lowest BCUT2D eigenvalue weighted by Crippen LogP contribution is -2.63. The third-order valence-corrected chi connectivity index (χ3v) is 4.65. The predicted octanol–water partition coefficient (Wildman–Crippen LogP) is 0.708. The molecule has 0 N–H and O–H groups in total. The number of quaternary nitrogens is 2. The largest absolute Gasteiger partial charge is 0.316 e. The first-order valence-electron chi connectivity index (χ1n) is 7.14. The SMILES string of the molecule is CC(N1CCN(C(C)[N+](C)(C)C)CC1)[N+](C)(C)C. The monoisotopic (exact) mass is 258 g/mol. The van der Waals surface area contributed by atoms with Gasteiger partial charge in [-0.3, -0.25) is 9.80 Å². The molecule has 4 nitrogen and oxygen atoms in total. The molecule has 0 spiro atoms. The molecule has 1 rings (SSSR count). The van der Waals surface area contributed by atoms with Crippen LogP contribution in [0.5, 0.6) is 0 Å². The molecule has 1 saturated heterocycles. The summed E-state index contributed by atoms with van der Waals surface area (Å²) < 4.78 is 2.04. The minimum absolute atomic E-state index is 0.603. The molecule has 108 valence electrons. The molecule has 2 unspecified atom stereocenters. The van der Waals surface area contributed by atoms with Crippen LogP contribution in [0, 0.1) is 0 Å². The van der Waals surface area contributed by atoms with Crippen molar-refractivity contribution in [2.24, 2.45) is 0 Å². The summed E-state index contributed by atoms with van der Waals surface area (Å²) in [4.78, 5) is 5.25. The third kappa shape index (κ3) is 3.92. The van der Waals surface area contributed by atoms with E-state index in [1.165, 1.54) is 26.2 Å². The van der Waals surface area contributed by atoms with Crippen molar-refractivity contribution in [3.05, 3.63) is 0 Å². The molecule has 1 heterocycles. The topological polar surface area (TPSA) is 6.48 Å². The number of rotatable bonds is 4. The molecule has 0 amide bonds. The smallest absolute Gasteiger partial charge is 0.141 e. The maximum Gasteiger partial charge on any atom is 0.141 e. The van der Waals surface area contributed by atoms with Gasteiger partial charge in [0.15, 0.2) is 0 Å². The van der Waals surface area contributed by atoms with Crippen molar-refractivity contribution in [1.82, 2.24) is 9.80 Å². The lowest BCUT2D eigenvalue weighted by atomic mass is 10.2. The first kappa shape index (κ1) is 15.9. The van der Waals surface area contributed by atoms with Gasteiger partial charge in [-0.15, -0.1) is 0 Å². The molecule has 0 aromatic carbocycles. The van der Waals surface area contributed by atoms with E-state index in [1.54, 1.807) is 0 Å². The molecule has 18 heavy (non-hydrogen) atoms. The lowest BCUT2D eigenvalue weighted by molar-refractivity contribution is -0.909. The molecule has 0 saturated carbocycles. The average molecular weight is 258 g/mol. The molecule has 1 aliphatic heterocycles. The highest BCUT2D eigenvalue weighted by atomic mass is 15.5. The van der Waals surface area contributed by atoms with Crippen LogP contribution in [0.3, 0.4) is 0 Å². The maximum atomic E-state index is 2.62. The fraction of sp³-hybridized carbons (Fsp3) is 1.00. The van der Waals surface area contributed by atoms with Crippen LogP contribution in [-0.2, 0) is 0 Å². The summed E-state index contributed by atoms with van der Waals surface area (Å²) in [6, 6.07) is 0. The van der Waals surface area contributed by atoms with Gasteiger partial charge in [-0.05, 0) is 0 Å². The van der Waals surface area contributed by atoms with Crippen LogP contribution in [0.2, 0.25) is 0 Å². The summed E-state index contributed by atoms with van der Waals surface area (Å²) >= 11 is 0.